The van der Waals surface area contributed by atoms with Crippen LogP contribution in [0.5, 0.6) is 0 Å². The van der Waals surface area contributed by atoms with E-state index in [9.17, 15) is 5.26 Å². The first-order valence-electron chi connectivity index (χ1n) is 13.1. The molecule has 0 N–H and O–H groups in total. The molecule has 0 aromatic rings. The van der Waals surface area contributed by atoms with Gasteiger partial charge in [-0.25, -0.2) is 0 Å². The molecule has 0 bridgehead atoms. The summed E-state index contributed by atoms with van der Waals surface area (Å²) in [5.74, 6) is 0.0490. The molecule has 1 heteroatoms. The highest BCUT2D eigenvalue weighted by molar-refractivity contribution is 5.05. The van der Waals surface area contributed by atoms with Crippen LogP contribution in [0.25, 0.3) is 0 Å². The third kappa shape index (κ3) is 10.0. The Balaban J connectivity index is 5.30. The van der Waals surface area contributed by atoms with Crippen molar-refractivity contribution in [1.82, 2.24) is 0 Å². The largest absolute Gasteiger partial charge is 0.198 e. The molecule has 0 radical (unpaired) electrons. The van der Waals surface area contributed by atoms with Crippen LogP contribution in [-0.2, 0) is 0 Å². The minimum atomic E-state index is -0.0289. The van der Waals surface area contributed by atoms with Crippen molar-refractivity contribution in [3.63, 3.8) is 0 Å². The number of unbranched alkanes of at least 4 members (excludes halogenated alkanes) is 1. The molecule has 0 heterocycles. The van der Waals surface area contributed by atoms with Crippen LogP contribution < -0.4 is 0 Å². The summed E-state index contributed by atoms with van der Waals surface area (Å²) in [7, 11) is 0. The predicted molar refractivity (Wildman–Crippen MR) is 145 cm³/mol. The molecule has 0 aliphatic heterocycles. The summed E-state index contributed by atoms with van der Waals surface area (Å²) in [6.45, 7) is 32.8. The summed E-state index contributed by atoms with van der Waals surface area (Å²) in [5, 5.41) is 10.3. The van der Waals surface area contributed by atoms with Gasteiger partial charge < -0.3 is 0 Å². The number of nitrogens with zero attached hydrogens (tertiary/aromatic N) is 1. The minimum absolute atomic E-state index is 0.0289. The molecule has 0 rings (SSSR count). The zero-order valence-corrected chi connectivity index (χ0v) is 24.6. The highest BCUT2D eigenvalue weighted by Gasteiger charge is 2.47. The van der Waals surface area contributed by atoms with Crippen LogP contribution in [-0.4, -0.2) is 0 Å². The topological polar surface area (TPSA) is 23.8 Å². The Morgan fingerprint density at radius 1 is 0.594 bits per heavy atom. The standard InChI is InChI=1S/C31H59N/c1-26(2,3)19-15-17-21-28(7,8)30(11,12)23-25(24-32)31(13,14)29(9,10)22-18-16-20-27(4,5)6/h15,17,25H,16,18-23H2,1-14H3. The van der Waals surface area contributed by atoms with Crippen molar-refractivity contribution in [2.45, 2.75) is 142 Å². The quantitative estimate of drug-likeness (QED) is 0.216. The van der Waals surface area contributed by atoms with E-state index < -0.39 is 0 Å². The predicted octanol–water partition coefficient (Wildman–Crippen LogP) is 10.6. The monoisotopic (exact) mass is 445 g/mol. The molecule has 0 amide bonds. The Morgan fingerprint density at radius 2 is 1.06 bits per heavy atom. The number of hydrogen-bond donors (Lipinski definition) is 0. The Bertz CT molecular complexity index is 623. The van der Waals surface area contributed by atoms with Gasteiger partial charge in [0, 0.05) is 0 Å². The van der Waals surface area contributed by atoms with E-state index >= 15 is 0 Å². The van der Waals surface area contributed by atoms with Gasteiger partial charge in [0.15, 0.2) is 0 Å². The van der Waals surface area contributed by atoms with Crippen molar-refractivity contribution in [2.75, 3.05) is 0 Å². The van der Waals surface area contributed by atoms with Crippen LogP contribution in [0.4, 0.5) is 0 Å². The molecule has 0 fully saturated rings. The minimum Gasteiger partial charge on any atom is -0.198 e. The summed E-state index contributed by atoms with van der Waals surface area (Å²) in [6.07, 6.45) is 12.8. The smallest absolute Gasteiger partial charge is 0.0661 e. The molecule has 32 heavy (non-hydrogen) atoms. The highest BCUT2D eigenvalue weighted by atomic mass is 14.5. The molecular formula is C31H59N. The van der Waals surface area contributed by atoms with Crippen LogP contribution in [0, 0.1) is 49.7 Å². The molecule has 1 unspecified atom stereocenters. The second-order valence-electron chi connectivity index (χ2n) is 15.5. The van der Waals surface area contributed by atoms with Crippen molar-refractivity contribution in [2.24, 2.45) is 38.4 Å². The van der Waals surface area contributed by atoms with Crippen LogP contribution in [0.15, 0.2) is 12.2 Å². The van der Waals surface area contributed by atoms with Gasteiger partial charge in [0.1, 0.15) is 0 Å². The highest BCUT2D eigenvalue weighted by Crippen LogP contribution is 2.54. The summed E-state index contributed by atoms with van der Waals surface area (Å²) in [4.78, 5) is 0. The maximum Gasteiger partial charge on any atom is 0.0661 e. The van der Waals surface area contributed by atoms with Gasteiger partial charge in [-0.2, -0.15) is 5.26 Å². The molecule has 0 aliphatic rings. The lowest BCUT2D eigenvalue weighted by Gasteiger charge is -2.50. The van der Waals surface area contributed by atoms with Crippen molar-refractivity contribution in [3.8, 4) is 6.07 Å². The Labute approximate surface area is 203 Å². The molecule has 1 atom stereocenters. The molecule has 0 aromatic heterocycles. The van der Waals surface area contributed by atoms with Gasteiger partial charge in [-0.3, -0.25) is 0 Å². The maximum atomic E-state index is 10.3. The van der Waals surface area contributed by atoms with E-state index in [1.54, 1.807) is 0 Å². The first-order valence-corrected chi connectivity index (χ1v) is 13.1. The maximum absolute atomic E-state index is 10.3. The van der Waals surface area contributed by atoms with Crippen LogP contribution in [0.1, 0.15) is 142 Å². The van der Waals surface area contributed by atoms with Gasteiger partial charge in [0.2, 0.25) is 0 Å². The summed E-state index contributed by atoms with van der Waals surface area (Å²) >= 11 is 0. The molecule has 0 saturated heterocycles. The van der Waals surface area contributed by atoms with Crippen molar-refractivity contribution < 1.29 is 0 Å². The van der Waals surface area contributed by atoms with E-state index in [0.29, 0.717) is 10.8 Å². The van der Waals surface area contributed by atoms with Crippen molar-refractivity contribution >= 4 is 0 Å². The first-order chi connectivity index (χ1) is 14.1. The van der Waals surface area contributed by atoms with E-state index in [1.165, 1.54) is 25.7 Å². The Hall–Kier alpha value is -0.770. The zero-order valence-electron chi connectivity index (χ0n) is 24.6. The van der Waals surface area contributed by atoms with Crippen LogP contribution in [0.3, 0.4) is 0 Å². The number of allylic oxidation sites excluding steroid dienone is 2. The fraction of sp³-hybridized carbons (Fsp3) is 0.903. The lowest BCUT2D eigenvalue weighted by molar-refractivity contribution is 0.00370. The average Bonchev–Trinajstić information content (AvgIpc) is 2.58. The summed E-state index contributed by atoms with van der Waals surface area (Å²) in [6, 6.07) is 2.76. The summed E-state index contributed by atoms with van der Waals surface area (Å²) < 4.78 is 0. The molecule has 1 nitrogen and oxygen atoms in total. The zero-order chi connectivity index (χ0) is 25.6. The molecule has 0 spiro atoms. The molecule has 0 saturated carbocycles. The number of rotatable bonds is 12. The van der Waals surface area contributed by atoms with Crippen molar-refractivity contribution in [3.05, 3.63) is 12.2 Å². The van der Waals surface area contributed by atoms with Gasteiger partial charge in [-0.15, -0.1) is 0 Å². The third-order valence-corrected chi connectivity index (χ3v) is 8.82. The van der Waals surface area contributed by atoms with Gasteiger partial charge in [0.25, 0.3) is 0 Å². The lowest BCUT2D eigenvalue weighted by atomic mass is 9.54. The van der Waals surface area contributed by atoms with Crippen LogP contribution in [0.2, 0.25) is 0 Å². The van der Waals surface area contributed by atoms with E-state index in [-0.39, 0.29) is 27.6 Å². The van der Waals surface area contributed by atoms with E-state index in [4.69, 9.17) is 0 Å². The lowest BCUT2D eigenvalue weighted by Crippen LogP contribution is -2.43. The fourth-order valence-electron chi connectivity index (χ4n) is 4.36. The van der Waals surface area contributed by atoms with Gasteiger partial charge in [-0.1, -0.05) is 122 Å². The SMILES string of the molecule is CC(C)(C)CC=CCC(C)(C)C(C)(C)CC(C#N)C(C)(C)C(C)(C)CCCCC(C)(C)C. The average molecular weight is 446 g/mol. The van der Waals surface area contributed by atoms with Crippen molar-refractivity contribution in [1.29, 1.82) is 5.26 Å². The molecular weight excluding hydrogens is 386 g/mol. The molecule has 188 valence electrons. The Kier molecular flexibility index (Phi) is 10.8. The number of hydrogen-bond acceptors (Lipinski definition) is 1. The fourth-order valence-corrected chi connectivity index (χ4v) is 4.36. The van der Waals surface area contributed by atoms with E-state index in [2.05, 4.69) is 115 Å². The van der Waals surface area contributed by atoms with Gasteiger partial charge >= 0.3 is 0 Å². The first kappa shape index (κ1) is 31.2. The second-order valence-corrected chi connectivity index (χ2v) is 15.5. The normalized spacial score (nSPS) is 15.8. The second kappa shape index (κ2) is 11.1. The van der Waals surface area contributed by atoms with Gasteiger partial charge in [0.05, 0.1) is 12.0 Å². The molecule has 0 aliphatic carbocycles. The molecule has 0 aromatic carbocycles. The number of nitriles is 1. The summed E-state index contributed by atoms with van der Waals surface area (Å²) in [5.41, 5.74) is 1.08. The third-order valence-electron chi connectivity index (χ3n) is 8.82. The van der Waals surface area contributed by atoms with E-state index in [1.807, 2.05) is 0 Å². The van der Waals surface area contributed by atoms with Crippen LogP contribution >= 0.6 is 0 Å². The van der Waals surface area contributed by atoms with E-state index in [0.717, 1.165) is 19.3 Å². The van der Waals surface area contributed by atoms with Gasteiger partial charge in [-0.05, 0) is 64.6 Å². The Morgan fingerprint density at radius 3 is 1.50 bits per heavy atom.